The third-order valence-electron chi connectivity index (χ3n) is 1.53. The van der Waals surface area contributed by atoms with Gasteiger partial charge in [-0.2, -0.15) is 0 Å². The van der Waals surface area contributed by atoms with Crippen molar-refractivity contribution in [3.8, 4) is 6.01 Å². The first-order chi connectivity index (χ1) is 7.03. The smallest absolute Gasteiger partial charge is 0.748 e. The van der Waals surface area contributed by atoms with Crippen LogP contribution in [-0.2, 0) is 16.7 Å². The van der Waals surface area contributed by atoms with E-state index in [1.165, 1.54) is 6.33 Å². The summed E-state index contributed by atoms with van der Waals surface area (Å²) in [4.78, 5) is 0. The first-order valence-corrected chi connectivity index (χ1v) is 6.77. The van der Waals surface area contributed by atoms with Crippen molar-refractivity contribution in [3.63, 3.8) is 0 Å². The Hall–Kier alpha value is 0.836. The maximum absolute atomic E-state index is 10.3. The predicted octanol–water partition coefficient (Wildman–Crippen LogP) is -2.49. The molecule has 0 spiro atoms. The molecule has 1 aromatic heterocycles. The van der Waals surface area contributed by atoms with E-state index in [-0.39, 0.29) is 65.2 Å². The molecular weight excluding hydrogens is 293 g/mol. The van der Waals surface area contributed by atoms with Crippen molar-refractivity contribution in [3.05, 3.63) is 6.33 Å². The van der Waals surface area contributed by atoms with E-state index in [1.807, 2.05) is 0 Å². The van der Waals surface area contributed by atoms with E-state index in [9.17, 15) is 13.0 Å². The molecule has 0 aliphatic heterocycles. The fourth-order valence-corrected chi connectivity index (χ4v) is 1.71. The molecule has 0 amide bonds. The van der Waals surface area contributed by atoms with Crippen LogP contribution in [0.25, 0.3) is 0 Å². The van der Waals surface area contributed by atoms with Crippen LogP contribution in [0.15, 0.2) is 6.33 Å². The minimum Gasteiger partial charge on any atom is -0.748 e. The number of nitrogens with zero attached hydrogens (tertiary/aromatic N) is 3. The number of aryl methyl sites for hydroxylation is 1. The van der Waals surface area contributed by atoms with Gasteiger partial charge in [0.25, 0.3) is 0 Å². The SMILES string of the molecule is C.CSOc1nncn1CCCS(=O)(=O)[O-].[K+]. The molecule has 0 bridgehead atoms. The van der Waals surface area contributed by atoms with Crippen LogP contribution >= 0.6 is 12.0 Å². The van der Waals surface area contributed by atoms with Gasteiger partial charge in [-0.3, -0.25) is 4.57 Å². The van der Waals surface area contributed by atoms with Gasteiger partial charge in [0.1, 0.15) is 6.33 Å². The van der Waals surface area contributed by atoms with Gasteiger partial charge in [-0.1, -0.05) is 12.5 Å². The Bertz CT molecular complexity index is 409. The molecule has 0 unspecified atom stereocenters. The number of aromatic nitrogens is 3. The Morgan fingerprint density at radius 1 is 1.59 bits per heavy atom. The van der Waals surface area contributed by atoms with Crippen LogP contribution < -0.4 is 55.6 Å². The Kier molecular flexibility index (Phi) is 11.5. The van der Waals surface area contributed by atoms with Crippen molar-refractivity contribution in [2.45, 2.75) is 20.4 Å². The zero-order valence-corrected chi connectivity index (χ0v) is 13.7. The van der Waals surface area contributed by atoms with Crippen LogP contribution in [0.4, 0.5) is 0 Å². The van der Waals surface area contributed by atoms with Crippen molar-refractivity contribution >= 4 is 22.2 Å². The van der Waals surface area contributed by atoms with Crippen molar-refractivity contribution < 1.29 is 68.5 Å². The number of rotatable bonds is 6. The molecule has 0 saturated heterocycles. The van der Waals surface area contributed by atoms with E-state index in [1.54, 1.807) is 10.8 Å². The minimum absolute atomic E-state index is 0. The number of hydrogen-bond acceptors (Lipinski definition) is 7. The summed E-state index contributed by atoms with van der Waals surface area (Å²) in [6, 6.07) is 0.297. The molecule has 0 saturated carbocycles. The van der Waals surface area contributed by atoms with E-state index in [4.69, 9.17) is 4.18 Å². The Labute approximate surface area is 148 Å². The summed E-state index contributed by atoms with van der Waals surface area (Å²) in [6.07, 6.45) is 3.36. The molecule has 10 heteroatoms. The maximum atomic E-state index is 10.3. The largest absolute Gasteiger partial charge is 1.00 e. The molecule has 94 valence electrons. The van der Waals surface area contributed by atoms with Crippen LogP contribution in [0.3, 0.4) is 0 Å². The fraction of sp³-hybridized carbons (Fsp3) is 0.714. The Morgan fingerprint density at radius 2 is 2.24 bits per heavy atom. The Balaban J connectivity index is 0. The molecule has 0 aromatic carbocycles. The van der Waals surface area contributed by atoms with E-state index >= 15 is 0 Å². The first-order valence-electron chi connectivity index (χ1n) is 4.05. The standard InChI is InChI=1S/C6H11N3O4S2.CH4.K/c1-14-13-6-8-7-5-9(6)3-2-4-15(10,11)12;;/h5H,2-4H2,1H3,(H,10,11,12);1H4;/q;;+1/p-1. The quantitative estimate of drug-likeness (QED) is 0.326. The van der Waals surface area contributed by atoms with Gasteiger partial charge in [0.05, 0.1) is 22.2 Å². The molecule has 0 aliphatic carbocycles. The van der Waals surface area contributed by atoms with Crippen LogP contribution in [0.1, 0.15) is 13.8 Å². The average molecular weight is 307 g/mol. The molecule has 0 N–H and O–H groups in total. The second-order valence-electron chi connectivity index (χ2n) is 2.67. The van der Waals surface area contributed by atoms with Gasteiger partial charge in [0.15, 0.2) is 0 Å². The van der Waals surface area contributed by atoms with Gasteiger partial charge in [0, 0.05) is 18.6 Å². The van der Waals surface area contributed by atoms with Gasteiger partial charge in [-0.25, -0.2) is 8.42 Å². The third-order valence-corrected chi connectivity index (χ3v) is 2.64. The summed E-state index contributed by atoms with van der Waals surface area (Å²) in [5, 5.41) is 7.27. The topological polar surface area (TPSA) is 97.1 Å². The van der Waals surface area contributed by atoms with Gasteiger partial charge >= 0.3 is 57.4 Å². The molecule has 0 atom stereocenters. The van der Waals surface area contributed by atoms with Crippen molar-refractivity contribution in [2.75, 3.05) is 12.0 Å². The van der Waals surface area contributed by atoms with Crippen LogP contribution in [0.5, 0.6) is 6.01 Å². The van der Waals surface area contributed by atoms with Crippen LogP contribution in [-0.4, -0.2) is 39.7 Å². The third kappa shape index (κ3) is 8.54. The van der Waals surface area contributed by atoms with Crippen LogP contribution in [0, 0.1) is 0 Å². The van der Waals surface area contributed by atoms with Gasteiger partial charge in [-0.15, -0.1) is 5.10 Å². The summed E-state index contributed by atoms with van der Waals surface area (Å²) >= 11 is 1.11. The van der Waals surface area contributed by atoms with E-state index in [0.717, 1.165) is 12.0 Å². The Morgan fingerprint density at radius 3 is 2.76 bits per heavy atom. The van der Waals surface area contributed by atoms with E-state index < -0.39 is 15.9 Å². The summed E-state index contributed by atoms with van der Waals surface area (Å²) in [5.74, 6) is -0.399. The van der Waals surface area contributed by atoms with Crippen LogP contribution in [0.2, 0.25) is 0 Å². The first kappa shape index (κ1) is 20.2. The molecule has 0 radical (unpaired) electrons. The molecular formula is C7H14KN3O4S2. The maximum Gasteiger partial charge on any atom is 1.00 e. The predicted molar refractivity (Wildman–Crippen MR) is 60.1 cm³/mol. The van der Waals surface area contributed by atoms with Gasteiger partial charge in [-0.05, 0) is 6.42 Å². The summed E-state index contributed by atoms with van der Waals surface area (Å²) in [7, 11) is -4.15. The molecule has 0 aliphatic rings. The van der Waals surface area contributed by atoms with Crippen molar-refractivity contribution in [1.29, 1.82) is 0 Å². The molecule has 0 fully saturated rings. The zero-order chi connectivity index (χ0) is 11.3. The molecule has 1 aromatic rings. The number of hydrogen-bond donors (Lipinski definition) is 0. The van der Waals surface area contributed by atoms with Crippen molar-refractivity contribution in [2.24, 2.45) is 0 Å². The molecule has 1 rings (SSSR count). The minimum atomic E-state index is -4.15. The average Bonchev–Trinajstić information content (AvgIpc) is 2.51. The zero-order valence-electron chi connectivity index (χ0n) is 8.99. The summed E-state index contributed by atoms with van der Waals surface area (Å²) in [5.41, 5.74) is 0. The van der Waals surface area contributed by atoms with E-state index in [0.29, 0.717) is 12.6 Å². The van der Waals surface area contributed by atoms with Crippen molar-refractivity contribution in [1.82, 2.24) is 14.8 Å². The normalized spacial score (nSPS) is 10.2. The summed E-state index contributed by atoms with van der Waals surface area (Å²) in [6.45, 7) is 0.338. The summed E-state index contributed by atoms with van der Waals surface area (Å²) < 4.78 is 37.6. The molecule has 7 nitrogen and oxygen atoms in total. The second-order valence-corrected chi connectivity index (χ2v) is 4.70. The second kappa shape index (κ2) is 9.73. The molecule has 1 heterocycles. The fourth-order valence-electron chi connectivity index (χ4n) is 0.948. The van der Waals surface area contributed by atoms with Gasteiger partial charge in [0.2, 0.25) is 0 Å². The van der Waals surface area contributed by atoms with Gasteiger partial charge < -0.3 is 8.74 Å². The van der Waals surface area contributed by atoms with E-state index in [2.05, 4.69) is 10.2 Å². The molecule has 17 heavy (non-hydrogen) atoms. The monoisotopic (exact) mass is 307 g/mol.